The summed E-state index contributed by atoms with van der Waals surface area (Å²) >= 11 is 0. The van der Waals surface area contributed by atoms with Gasteiger partial charge in [0.15, 0.2) is 0 Å². The van der Waals surface area contributed by atoms with Crippen molar-refractivity contribution >= 4 is 16.9 Å². The monoisotopic (exact) mass is 445 g/mol. The fourth-order valence-electron chi connectivity index (χ4n) is 5.34. The molecule has 1 aromatic heterocycles. The van der Waals surface area contributed by atoms with Crippen LogP contribution < -0.4 is 10.6 Å². The molecule has 2 aromatic carbocycles. The van der Waals surface area contributed by atoms with Gasteiger partial charge in [-0.15, -0.1) is 0 Å². The molecule has 2 heterocycles. The molecule has 0 atom stereocenters. The Balaban J connectivity index is 1.28. The third-order valence-electron chi connectivity index (χ3n) is 7.08. The molecule has 1 aliphatic carbocycles. The van der Waals surface area contributed by atoms with Crippen LogP contribution in [0.4, 0.5) is 0 Å². The molecule has 0 spiro atoms. The molecule has 2 aliphatic rings. The summed E-state index contributed by atoms with van der Waals surface area (Å²) < 4.78 is 8.32. The Hall–Kier alpha value is -2.63. The van der Waals surface area contributed by atoms with Crippen molar-refractivity contribution in [1.29, 1.82) is 0 Å². The van der Waals surface area contributed by atoms with Crippen molar-refractivity contribution in [3.05, 3.63) is 70.9 Å². The summed E-state index contributed by atoms with van der Waals surface area (Å²) in [6.45, 7) is 4.76. The van der Waals surface area contributed by atoms with Crippen LogP contribution in [0.15, 0.2) is 48.5 Å². The highest BCUT2D eigenvalue weighted by Crippen LogP contribution is 2.33. The largest absolute Gasteiger partial charge is 0.459 e. The lowest BCUT2D eigenvalue weighted by atomic mass is 9.95. The maximum absolute atomic E-state index is 12.8. The second-order valence-corrected chi connectivity index (χ2v) is 9.39. The summed E-state index contributed by atoms with van der Waals surface area (Å²) in [4.78, 5) is 12.8. The summed E-state index contributed by atoms with van der Waals surface area (Å²) in [7, 11) is 0. The molecule has 0 radical (unpaired) electrons. The standard InChI is InChI=1S/C28H35N3O2/c32-28(33-23-13-16-29-17-14-23)22-11-12-27-25(19-22)24-9-4-5-10-26(24)31(27)18-6-15-30-20-21-7-2-1-3-8-21/h1-3,7-8,11-12,19,23,29-30H,4-6,9-10,13-18,20H2. The number of aromatic nitrogens is 1. The van der Waals surface area contributed by atoms with Gasteiger partial charge in [0.1, 0.15) is 6.10 Å². The number of fused-ring (bicyclic) bond motifs is 3. The number of hydrogen-bond acceptors (Lipinski definition) is 4. The maximum atomic E-state index is 12.8. The van der Waals surface area contributed by atoms with E-state index >= 15 is 0 Å². The maximum Gasteiger partial charge on any atom is 0.338 e. The van der Waals surface area contributed by atoms with Crippen molar-refractivity contribution in [3.63, 3.8) is 0 Å². The lowest BCUT2D eigenvalue weighted by Crippen LogP contribution is -2.33. The molecule has 0 unspecified atom stereocenters. The van der Waals surface area contributed by atoms with Gasteiger partial charge in [-0.3, -0.25) is 0 Å². The molecular formula is C28H35N3O2. The van der Waals surface area contributed by atoms with Crippen molar-refractivity contribution in [2.24, 2.45) is 0 Å². The van der Waals surface area contributed by atoms with E-state index in [9.17, 15) is 4.79 Å². The molecule has 1 saturated heterocycles. The average molecular weight is 446 g/mol. The Morgan fingerprint density at radius 1 is 1.06 bits per heavy atom. The zero-order valence-corrected chi connectivity index (χ0v) is 19.4. The zero-order valence-electron chi connectivity index (χ0n) is 19.4. The van der Waals surface area contributed by atoms with Gasteiger partial charge in [-0.1, -0.05) is 30.3 Å². The Labute approximate surface area is 196 Å². The molecule has 2 N–H and O–H groups in total. The molecule has 0 bridgehead atoms. The molecule has 5 nitrogen and oxygen atoms in total. The summed E-state index contributed by atoms with van der Waals surface area (Å²) in [6, 6.07) is 16.8. The zero-order chi connectivity index (χ0) is 22.5. The van der Waals surface area contributed by atoms with Crippen LogP contribution in [0.25, 0.3) is 10.9 Å². The first kappa shape index (κ1) is 22.2. The lowest BCUT2D eigenvalue weighted by Gasteiger charge is -2.22. The van der Waals surface area contributed by atoms with Crippen molar-refractivity contribution in [2.75, 3.05) is 19.6 Å². The first-order valence-electron chi connectivity index (χ1n) is 12.6. The average Bonchev–Trinajstić information content (AvgIpc) is 3.18. The van der Waals surface area contributed by atoms with Crippen LogP contribution >= 0.6 is 0 Å². The number of esters is 1. The van der Waals surface area contributed by atoms with Crippen LogP contribution in [0.5, 0.6) is 0 Å². The number of ether oxygens (including phenoxy) is 1. The van der Waals surface area contributed by atoms with E-state index in [2.05, 4.69) is 57.7 Å². The predicted octanol–water partition coefficient (Wildman–Crippen LogP) is 4.61. The van der Waals surface area contributed by atoms with E-state index < -0.39 is 0 Å². The van der Waals surface area contributed by atoms with E-state index in [1.807, 2.05) is 6.07 Å². The number of hydrogen-bond donors (Lipinski definition) is 2. The number of rotatable bonds is 8. The predicted molar refractivity (Wildman–Crippen MR) is 133 cm³/mol. The Kier molecular flexibility index (Phi) is 7.08. The summed E-state index contributed by atoms with van der Waals surface area (Å²) in [5.74, 6) is -0.175. The van der Waals surface area contributed by atoms with Crippen LogP contribution in [0.1, 0.15) is 59.3 Å². The quantitative estimate of drug-likeness (QED) is 0.393. The minimum Gasteiger partial charge on any atom is -0.459 e. The smallest absolute Gasteiger partial charge is 0.338 e. The summed E-state index contributed by atoms with van der Waals surface area (Å²) in [5.41, 5.74) is 6.21. The Morgan fingerprint density at radius 2 is 1.88 bits per heavy atom. The second-order valence-electron chi connectivity index (χ2n) is 9.39. The molecule has 1 aliphatic heterocycles. The second kappa shape index (κ2) is 10.5. The molecule has 0 saturated carbocycles. The third kappa shape index (κ3) is 5.15. The van der Waals surface area contributed by atoms with Crippen LogP contribution in [-0.4, -0.2) is 36.3 Å². The van der Waals surface area contributed by atoms with Gasteiger partial charge in [-0.2, -0.15) is 0 Å². The first-order chi connectivity index (χ1) is 16.3. The Morgan fingerprint density at radius 3 is 2.73 bits per heavy atom. The molecule has 174 valence electrons. The van der Waals surface area contributed by atoms with E-state index in [1.165, 1.54) is 40.6 Å². The van der Waals surface area contributed by atoms with E-state index in [-0.39, 0.29) is 12.1 Å². The van der Waals surface area contributed by atoms with E-state index in [0.29, 0.717) is 5.56 Å². The highest BCUT2D eigenvalue weighted by molar-refractivity contribution is 5.96. The highest BCUT2D eigenvalue weighted by Gasteiger charge is 2.23. The van der Waals surface area contributed by atoms with E-state index in [4.69, 9.17) is 4.74 Å². The molecule has 5 rings (SSSR count). The van der Waals surface area contributed by atoms with Gasteiger partial charge >= 0.3 is 5.97 Å². The van der Waals surface area contributed by atoms with Gasteiger partial charge in [0.2, 0.25) is 0 Å². The van der Waals surface area contributed by atoms with Gasteiger partial charge < -0.3 is 19.9 Å². The fourth-order valence-corrected chi connectivity index (χ4v) is 5.34. The normalized spacial score (nSPS) is 16.6. The van der Waals surface area contributed by atoms with Crippen molar-refractivity contribution in [3.8, 4) is 0 Å². The number of aryl methyl sites for hydroxylation is 2. The topological polar surface area (TPSA) is 55.3 Å². The molecule has 33 heavy (non-hydrogen) atoms. The minimum atomic E-state index is -0.175. The van der Waals surface area contributed by atoms with Crippen LogP contribution in [-0.2, 0) is 30.7 Å². The van der Waals surface area contributed by atoms with Gasteiger partial charge in [0.25, 0.3) is 0 Å². The van der Waals surface area contributed by atoms with Crippen molar-refractivity contribution in [1.82, 2.24) is 15.2 Å². The number of piperidine rings is 1. The Bertz CT molecular complexity index is 1080. The minimum absolute atomic E-state index is 0.0383. The van der Waals surface area contributed by atoms with Crippen LogP contribution in [0.2, 0.25) is 0 Å². The fraction of sp³-hybridized carbons (Fsp3) is 0.464. The van der Waals surface area contributed by atoms with E-state index in [0.717, 1.165) is 64.8 Å². The van der Waals surface area contributed by atoms with Crippen molar-refractivity contribution in [2.45, 2.75) is 64.1 Å². The SMILES string of the molecule is O=C(OC1CCNCC1)c1ccc2c(c1)c1c(n2CCCNCc2ccccc2)CCCC1. The van der Waals surface area contributed by atoms with E-state index in [1.54, 1.807) is 0 Å². The number of nitrogens with one attached hydrogen (secondary N) is 2. The van der Waals surface area contributed by atoms with Gasteiger partial charge in [-0.05, 0) is 93.9 Å². The van der Waals surface area contributed by atoms with Crippen LogP contribution in [0, 0.1) is 0 Å². The molecule has 3 aromatic rings. The summed E-state index contributed by atoms with van der Waals surface area (Å²) in [5, 5.41) is 8.15. The molecular weight excluding hydrogens is 410 g/mol. The first-order valence-corrected chi connectivity index (χ1v) is 12.6. The number of carbonyl (C=O) groups is 1. The number of nitrogens with zero attached hydrogens (tertiary/aromatic N) is 1. The number of benzene rings is 2. The van der Waals surface area contributed by atoms with Gasteiger partial charge in [-0.25, -0.2) is 4.79 Å². The van der Waals surface area contributed by atoms with Crippen molar-refractivity contribution < 1.29 is 9.53 Å². The molecule has 1 fully saturated rings. The molecule has 0 amide bonds. The lowest BCUT2D eigenvalue weighted by molar-refractivity contribution is 0.0230. The number of carbonyl (C=O) groups excluding carboxylic acids is 1. The van der Waals surface area contributed by atoms with Crippen LogP contribution in [0.3, 0.4) is 0 Å². The molecule has 5 heteroatoms. The summed E-state index contributed by atoms with van der Waals surface area (Å²) in [6.07, 6.45) is 7.65. The van der Waals surface area contributed by atoms with Gasteiger partial charge in [0, 0.05) is 29.7 Å². The third-order valence-corrected chi connectivity index (χ3v) is 7.08. The van der Waals surface area contributed by atoms with Gasteiger partial charge in [0.05, 0.1) is 5.56 Å². The highest BCUT2D eigenvalue weighted by atomic mass is 16.5.